The molecule has 1 spiro atoms. The maximum Gasteiger partial charge on any atom is 0.184 e. The molecule has 0 amide bonds. The summed E-state index contributed by atoms with van der Waals surface area (Å²) in [7, 11) is 6.26. The molecule has 4 rings (SSSR count). The van der Waals surface area contributed by atoms with Crippen LogP contribution in [0.1, 0.15) is 21.5 Å². The molecule has 2 aliphatic rings. The SMILES string of the molecule is COc1cc(OC)c2c(c1)OCC1(Cc3ccc(OC)c(OC)c31)C2=O. The lowest BCUT2D eigenvalue weighted by Gasteiger charge is -2.46. The highest BCUT2D eigenvalue weighted by molar-refractivity contribution is 6.11. The second kappa shape index (κ2) is 5.83. The van der Waals surface area contributed by atoms with Crippen molar-refractivity contribution in [2.75, 3.05) is 35.0 Å². The fourth-order valence-corrected chi connectivity index (χ4v) is 3.95. The van der Waals surface area contributed by atoms with Gasteiger partial charge in [0.2, 0.25) is 0 Å². The topological polar surface area (TPSA) is 63.2 Å². The van der Waals surface area contributed by atoms with Gasteiger partial charge in [0.25, 0.3) is 0 Å². The van der Waals surface area contributed by atoms with Crippen LogP contribution in [-0.2, 0) is 11.8 Å². The number of carbonyl (C=O) groups is 1. The van der Waals surface area contributed by atoms with E-state index in [1.54, 1.807) is 33.5 Å². The quantitative estimate of drug-likeness (QED) is 0.839. The Hall–Kier alpha value is -2.89. The maximum absolute atomic E-state index is 13.5. The van der Waals surface area contributed by atoms with Crippen molar-refractivity contribution in [3.8, 4) is 28.7 Å². The molecule has 1 aliphatic heterocycles. The van der Waals surface area contributed by atoms with Crippen LogP contribution in [0.5, 0.6) is 28.7 Å². The van der Waals surface area contributed by atoms with Gasteiger partial charge in [-0.25, -0.2) is 0 Å². The summed E-state index contributed by atoms with van der Waals surface area (Å²) in [4.78, 5) is 13.5. The van der Waals surface area contributed by atoms with Gasteiger partial charge in [-0.15, -0.1) is 0 Å². The van der Waals surface area contributed by atoms with E-state index < -0.39 is 5.41 Å². The Balaban J connectivity index is 1.88. The van der Waals surface area contributed by atoms with E-state index in [1.165, 1.54) is 7.11 Å². The van der Waals surface area contributed by atoms with Crippen LogP contribution in [0, 0.1) is 0 Å². The maximum atomic E-state index is 13.5. The molecular weight excluding hydrogens is 336 g/mol. The number of methoxy groups -OCH3 is 4. The summed E-state index contributed by atoms with van der Waals surface area (Å²) in [6, 6.07) is 7.24. The molecule has 0 N–H and O–H groups in total. The summed E-state index contributed by atoms with van der Waals surface area (Å²) >= 11 is 0. The number of fused-ring (bicyclic) bond motifs is 3. The molecule has 1 unspecified atom stereocenters. The second-order valence-corrected chi connectivity index (χ2v) is 6.41. The average Bonchev–Trinajstić information content (AvgIpc) is 2.66. The van der Waals surface area contributed by atoms with E-state index in [4.69, 9.17) is 23.7 Å². The number of benzene rings is 2. The van der Waals surface area contributed by atoms with Crippen molar-refractivity contribution in [1.29, 1.82) is 0 Å². The van der Waals surface area contributed by atoms with E-state index >= 15 is 0 Å². The van der Waals surface area contributed by atoms with Crippen molar-refractivity contribution < 1.29 is 28.5 Å². The fraction of sp³-hybridized carbons (Fsp3) is 0.350. The van der Waals surface area contributed by atoms with Crippen molar-refractivity contribution >= 4 is 5.78 Å². The van der Waals surface area contributed by atoms with Gasteiger partial charge in [0.05, 0.1) is 28.4 Å². The molecule has 6 nitrogen and oxygen atoms in total. The van der Waals surface area contributed by atoms with Crippen LogP contribution in [0.25, 0.3) is 0 Å². The predicted molar refractivity (Wildman–Crippen MR) is 94.3 cm³/mol. The molecule has 6 heteroatoms. The number of ketones is 1. The van der Waals surface area contributed by atoms with Gasteiger partial charge in [-0.3, -0.25) is 4.79 Å². The number of Topliss-reactive ketones (excluding diaryl/α,β-unsaturated/α-hetero) is 1. The molecule has 1 heterocycles. The van der Waals surface area contributed by atoms with Crippen LogP contribution in [0.2, 0.25) is 0 Å². The third kappa shape index (κ3) is 2.01. The lowest BCUT2D eigenvalue weighted by atomic mass is 9.59. The van der Waals surface area contributed by atoms with E-state index in [1.807, 2.05) is 12.1 Å². The highest BCUT2D eigenvalue weighted by Gasteiger charge is 2.56. The average molecular weight is 356 g/mol. The van der Waals surface area contributed by atoms with Crippen molar-refractivity contribution in [2.24, 2.45) is 0 Å². The van der Waals surface area contributed by atoms with Gasteiger partial charge in [0.15, 0.2) is 17.3 Å². The summed E-state index contributed by atoms with van der Waals surface area (Å²) in [5.74, 6) is 2.66. The highest BCUT2D eigenvalue weighted by Crippen LogP contribution is 2.55. The number of carbonyl (C=O) groups excluding carboxylic acids is 1. The molecule has 1 aliphatic carbocycles. The van der Waals surface area contributed by atoms with Crippen molar-refractivity contribution in [2.45, 2.75) is 11.8 Å². The summed E-state index contributed by atoms with van der Waals surface area (Å²) in [6.45, 7) is 0.242. The Labute approximate surface area is 151 Å². The van der Waals surface area contributed by atoms with E-state index in [-0.39, 0.29) is 12.4 Å². The fourth-order valence-electron chi connectivity index (χ4n) is 3.95. The molecule has 1 atom stereocenters. The molecule has 0 saturated carbocycles. The zero-order chi connectivity index (χ0) is 18.5. The third-order valence-electron chi connectivity index (χ3n) is 5.23. The Kier molecular flexibility index (Phi) is 3.72. The van der Waals surface area contributed by atoms with Crippen LogP contribution in [-0.4, -0.2) is 40.8 Å². The molecule has 2 aromatic rings. The first kappa shape index (κ1) is 16.6. The van der Waals surface area contributed by atoms with Gasteiger partial charge < -0.3 is 23.7 Å². The van der Waals surface area contributed by atoms with Crippen molar-refractivity contribution in [3.63, 3.8) is 0 Å². The van der Waals surface area contributed by atoms with Crippen LogP contribution >= 0.6 is 0 Å². The van der Waals surface area contributed by atoms with Gasteiger partial charge in [-0.2, -0.15) is 0 Å². The monoisotopic (exact) mass is 356 g/mol. The van der Waals surface area contributed by atoms with Crippen LogP contribution in [0.15, 0.2) is 24.3 Å². The number of ether oxygens (including phenoxy) is 5. The van der Waals surface area contributed by atoms with Crippen molar-refractivity contribution in [1.82, 2.24) is 0 Å². The number of rotatable bonds is 4. The Morgan fingerprint density at radius 3 is 2.38 bits per heavy atom. The van der Waals surface area contributed by atoms with E-state index in [2.05, 4.69) is 0 Å². The van der Waals surface area contributed by atoms with Crippen LogP contribution in [0.3, 0.4) is 0 Å². The van der Waals surface area contributed by atoms with Crippen molar-refractivity contribution in [3.05, 3.63) is 41.0 Å². The van der Waals surface area contributed by atoms with Gasteiger partial charge in [0, 0.05) is 17.7 Å². The first-order valence-electron chi connectivity index (χ1n) is 8.27. The molecule has 0 radical (unpaired) electrons. The Bertz CT molecular complexity index is 886. The molecular formula is C20H20O6. The number of hydrogen-bond donors (Lipinski definition) is 0. The normalized spacial score (nSPS) is 19.8. The summed E-state index contributed by atoms with van der Waals surface area (Å²) in [6.07, 6.45) is 0.593. The predicted octanol–water partition coefficient (Wildman–Crippen LogP) is 2.79. The zero-order valence-electron chi connectivity index (χ0n) is 15.2. The Morgan fingerprint density at radius 1 is 0.962 bits per heavy atom. The van der Waals surface area contributed by atoms with Gasteiger partial charge in [0.1, 0.15) is 34.8 Å². The lowest BCUT2D eigenvalue weighted by Crippen LogP contribution is -2.53. The first-order valence-corrected chi connectivity index (χ1v) is 8.27. The molecule has 2 aromatic carbocycles. The van der Waals surface area contributed by atoms with Gasteiger partial charge in [-0.1, -0.05) is 6.07 Å². The molecule has 0 saturated heterocycles. The third-order valence-corrected chi connectivity index (χ3v) is 5.23. The van der Waals surface area contributed by atoms with E-state index in [0.717, 1.165) is 11.1 Å². The molecule has 0 aromatic heterocycles. The minimum absolute atomic E-state index is 0.0303. The van der Waals surface area contributed by atoms with Crippen LogP contribution < -0.4 is 23.7 Å². The highest BCUT2D eigenvalue weighted by atomic mass is 16.5. The smallest absolute Gasteiger partial charge is 0.184 e. The summed E-state index contributed by atoms with van der Waals surface area (Å²) in [5.41, 5.74) is 1.56. The lowest BCUT2D eigenvalue weighted by molar-refractivity contribution is 0.0716. The molecule has 136 valence electrons. The largest absolute Gasteiger partial charge is 0.496 e. The molecule has 0 bridgehead atoms. The minimum Gasteiger partial charge on any atom is -0.496 e. The second-order valence-electron chi connectivity index (χ2n) is 6.41. The van der Waals surface area contributed by atoms with Crippen LogP contribution in [0.4, 0.5) is 0 Å². The molecule has 0 fully saturated rings. The number of hydrogen-bond acceptors (Lipinski definition) is 6. The van der Waals surface area contributed by atoms with E-state index in [0.29, 0.717) is 40.7 Å². The minimum atomic E-state index is -0.788. The molecule has 26 heavy (non-hydrogen) atoms. The first-order chi connectivity index (χ1) is 12.6. The van der Waals surface area contributed by atoms with Gasteiger partial charge >= 0.3 is 0 Å². The summed E-state index contributed by atoms with van der Waals surface area (Å²) in [5, 5.41) is 0. The summed E-state index contributed by atoms with van der Waals surface area (Å²) < 4.78 is 27.7. The zero-order valence-corrected chi connectivity index (χ0v) is 15.2. The standard InChI is InChI=1S/C20H20O6/c1-22-12-7-14(24-3)16-15(8-12)26-10-20(19(16)21)9-11-5-6-13(23-2)18(25-4)17(11)20/h5-8H,9-10H2,1-4H3. The van der Waals surface area contributed by atoms with Gasteiger partial charge in [-0.05, 0) is 18.1 Å². The Morgan fingerprint density at radius 2 is 1.73 bits per heavy atom. The van der Waals surface area contributed by atoms with E-state index in [9.17, 15) is 4.79 Å².